The van der Waals surface area contributed by atoms with E-state index in [1.165, 1.54) is 0 Å². The topological polar surface area (TPSA) is 90.8 Å². The fourth-order valence-corrected chi connectivity index (χ4v) is 6.33. The number of hydrogen-bond acceptors (Lipinski definition) is 4. The molecule has 0 atom stereocenters. The second kappa shape index (κ2) is 22.5. The Morgan fingerprint density at radius 3 is 0.444 bits per heavy atom. The van der Waals surface area contributed by atoms with E-state index >= 15 is 0 Å². The minimum Gasteiger partial charge on any atom is -0.344 e. The van der Waals surface area contributed by atoms with Gasteiger partial charge in [0.1, 0.15) is 0 Å². The van der Waals surface area contributed by atoms with Crippen LogP contribution in [0.25, 0.3) is 0 Å². The van der Waals surface area contributed by atoms with Gasteiger partial charge in [-0.15, -0.1) is 0 Å². The van der Waals surface area contributed by atoms with Crippen molar-refractivity contribution >= 4 is 7.82 Å². The summed E-state index contributed by atoms with van der Waals surface area (Å²) in [6.45, 7) is -7.23. The van der Waals surface area contributed by atoms with Crippen molar-refractivity contribution in [3.8, 4) is 0 Å². The second-order valence-electron chi connectivity index (χ2n) is 16.7. The van der Waals surface area contributed by atoms with Crippen molar-refractivity contribution < 1.29 is 256 Å². The lowest BCUT2D eigenvalue weighted by molar-refractivity contribution is -0.487. The number of phosphoric acid groups is 1. The number of rotatable bonds is 28. The Bertz CT molecular complexity index is 2350. The van der Waals surface area contributed by atoms with Crippen molar-refractivity contribution in [3.05, 3.63) is 0 Å². The first-order chi connectivity index (χ1) is 37.4. The zero-order valence-electron chi connectivity index (χ0n) is 39.1. The van der Waals surface area contributed by atoms with Gasteiger partial charge in [0.25, 0.3) is 0 Å². The van der Waals surface area contributed by atoms with E-state index < -0.39 is 188 Å². The van der Waals surface area contributed by atoms with Gasteiger partial charge in [-0.25, -0.2) is 13.3 Å². The largest absolute Gasteiger partial charge is 0.472 e. The van der Waals surface area contributed by atoms with Gasteiger partial charge in [0.2, 0.25) is 0 Å². The summed E-state index contributed by atoms with van der Waals surface area (Å²) >= 11 is 0. The molecule has 0 radical (unpaired) electrons. The van der Waals surface area contributed by atoms with Gasteiger partial charge in [-0.05, 0) is 0 Å². The highest BCUT2D eigenvalue weighted by atomic mass is 31.2. The Balaban J connectivity index is 0. The molecule has 0 aliphatic heterocycles. The molecule has 0 fully saturated rings. The fourth-order valence-electron chi connectivity index (χ4n) is 5.62. The van der Waals surface area contributed by atoms with Gasteiger partial charge in [0, 0.05) is 12.8 Å². The molecule has 0 saturated heterocycles. The Hall–Kier alpha value is -3.71. The minimum absolute atomic E-state index is 0. The summed E-state index contributed by atoms with van der Waals surface area (Å²) in [5, 5.41) is 0. The lowest BCUT2D eigenvalue weighted by Crippen LogP contribution is -2.79. The lowest BCUT2D eigenvalue weighted by Gasteiger charge is -2.46. The van der Waals surface area contributed by atoms with Crippen molar-refractivity contribution in [2.45, 2.75) is 167 Å². The standard InChI is InChI=1S/C30H9F54O4P.H3N/c31-5(32,9(37,38)13(45,46)17(53,54)21(61,62)25(69,70)23(65,66)19(57,58)15(49,50)11(41,42)7(35,27(73,74)75)28(76,77)78)1-3-87-89(85,86)88-4-2-6(33,34)10(39,40)14(47,48)18(55,56)22(63,64)26(71,72)24(67,68)20(59,60)16(51,52)12(43,44)8(36,29(79,80)81)30(82,83)84;/h1-4H2,(H,85,86);1H3. The van der Waals surface area contributed by atoms with Gasteiger partial charge in [-0.3, -0.25) is 9.05 Å². The third kappa shape index (κ3) is 11.2. The first kappa shape index (κ1) is 88.3. The Labute approximate surface area is 451 Å². The van der Waals surface area contributed by atoms with E-state index in [0.29, 0.717) is 0 Å². The van der Waals surface area contributed by atoms with Crippen LogP contribution in [0.1, 0.15) is 12.8 Å². The highest BCUT2D eigenvalue weighted by molar-refractivity contribution is 7.47. The van der Waals surface area contributed by atoms with Crippen molar-refractivity contribution in [2.24, 2.45) is 0 Å². The first-order valence-electron chi connectivity index (χ1n) is 19.2. The molecule has 0 aliphatic carbocycles. The highest BCUT2D eigenvalue weighted by Gasteiger charge is 3.04. The van der Waals surface area contributed by atoms with Crippen LogP contribution < -0.4 is 6.15 Å². The number of phosphoric ester groups is 1. The van der Waals surface area contributed by atoms with E-state index in [4.69, 9.17) is 4.89 Å². The maximum Gasteiger partial charge on any atom is 0.472 e. The molecule has 0 amide bonds. The van der Waals surface area contributed by atoms with E-state index in [2.05, 4.69) is 9.05 Å². The second-order valence-corrected chi connectivity index (χ2v) is 18.1. The van der Waals surface area contributed by atoms with Crippen molar-refractivity contribution in [1.29, 1.82) is 0 Å². The summed E-state index contributed by atoms with van der Waals surface area (Å²) in [6.07, 6.45) is -44.4. The SMILES string of the molecule is N.O=P(O)(OCCC(F)(F)C(F)(F)C(F)(F)C(F)(F)C(F)(F)C(F)(F)C(F)(F)C(F)(F)C(F)(F)C(F)(F)C(F)(C(F)(F)F)C(F)(F)F)OCCC(F)(F)C(F)(F)C(F)(F)C(F)(F)C(F)(F)C(F)(F)C(F)(F)C(F)(F)C(F)(F)C(F)(F)C(F)(C(F)(F)F)C(F)(F)F. The van der Waals surface area contributed by atoms with E-state index in [1.807, 2.05) is 0 Å². The molecule has 60 heteroatoms. The molecule has 0 rings (SSSR count). The van der Waals surface area contributed by atoms with Crippen molar-refractivity contribution in [1.82, 2.24) is 6.15 Å². The summed E-state index contributed by atoms with van der Waals surface area (Å²) in [6, 6.07) is 0. The summed E-state index contributed by atoms with van der Waals surface area (Å²) in [7, 11) is -7.49. The Kier molecular flexibility index (Phi) is 22.0. The number of alkyl halides is 54. The monoisotopic (exact) mass is 1510 g/mol. The van der Waals surface area contributed by atoms with Crippen LogP contribution in [0.2, 0.25) is 0 Å². The summed E-state index contributed by atoms with van der Waals surface area (Å²) in [5.41, 5.74) is -19.1. The fraction of sp³-hybridized carbons (Fsp3) is 1.00. The van der Waals surface area contributed by atoms with Crippen LogP contribution in [0.5, 0.6) is 0 Å². The molecule has 0 aromatic rings. The third-order valence-corrected chi connectivity index (χ3v) is 12.0. The normalized spacial score (nSPS) is 17.1. The molecular formula is C30H12F54NO4P. The highest BCUT2D eigenvalue weighted by Crippen LogP contribution is 2.72. The molecule has 0 aromatic carbocycles. The molecule has 0 spiro atoms. The van der Waals surface area contributed by atoms with Crippen LogP contribution in [0, 0.1) is 0 Å². The van der Waals surface area contributed by atoms with Crippen LogP contribution in [0.15, 0.2) is 0 Å². The molecule has 0 bridgehead atoms. The van der Waals surface area contributed by atoms with Crippen LogP contribution in [0.4, 0.5) is 237 Å². The average molecular weight is 1510 g/mol. The van der Waals surface area contributed by atoms with E-state index in [1.54, 1.807) is 0 Å². The lowest BCUT2D eigenvalue weighted by atomic mass is 9.82. The Morgan fingerprint density at radius 1 is 0.211 bits per heavy atom. The first-order valence-corrected chi connectivity index (χ1v) is 20.7. The van der Waals surface area contributed by atoms with Crippen LogP contribution in [0.3, 0.4) is 0 Å². The van der Waals surface area contributed by atoms with E-state index in [-0.39, 0.29) is 6.15 Å². The number of hydrogen-bond donors (Lipinski definition) is 2. The van der Waals surface area contributed by atoms with E-state index in [9.17, 15) is 242 Å². The molecule has 0 aromatic heterocycles. The maximum absolute atomic E-state index is 14.2. The molecule has 544 valence electrons. The minimum atomic E-state index is -10.3. The van der Waals surface area contributed by atoms with Crippen LogP contribution >= 0.6 is 7.82 Å². The van der Waals surface area contributed by atoms with Gasteiger partial charge in [0.15, 0.2) is 0 Å². The summed E-state index contributed by atoms with van der Waals surface area (Å²) in [4.78, 5) is 9.05. The zero-order chi connectivity index (χ0) is 73.7. The maximum atomic E-state index is 14.2. The zero-order valence-corrected chi connectivity index (χ0v) is 40.0. The van der Waals surface area contributed by atoms with Crippen LogP contribution in [-0.4, -0.2) is 173 Å². The number of halogens is 54. The van der Waals surface area contributed by atoms with Gasteiger partial charge >= 0.3 is 162 Å². The molecule has 0 saturated carbocycles. The van der Waals surface area contributed by atoms with Gasteiger partial charge in [-0.2, -0.15) is 228 Å². The van der Waals surface area contributed by atoms with Crippen molar-refractivity contribution in [3.63, 3.8) is 0 Å². The summed E-state index contributed by atoms with van der Waals surface area (Å²) in [5.74, 6) is -196. The predicted octanol–water partition coefficient (Wildman–Crippen LogP) is 18.4. The molecule has 4 N–H and O–H groups in total. The van der Waals surface area contributed by atoms with Crippen molar-refractivity contribution in [2.75, 3.05) is 13.2 Å². The average Bonchev–Trinajstić information content (AvgIpc) is 3.27. The Morgan fingerprint density at radius 2 is 0.322 bits per heavy atom. The summed E-state index contributed by atoms with van der Waals surface area (Å²) < 4.78 is 756. The third-order valence-electron chi connectivity index (χ3n) is 11.0. The van der Waals surface area contributed by atoms with Gasteiger partial charge in [-0.1, -0.05) is 0 Å². The molecule has 0 unspecified atom stereocenters. The molecule has 0 heterocycles. The van der Waals surface area contributed by atoms with E-state index in [0.717, 1.165) is 0 Å². The van der Waals surface area contributed by atoms with Crippen LogP contribution in [-0.2, 0) is 13.6 Å². The molecular weight excluding hydrogens is 1500 g/mol. The van der Waals surface area contributed by atoms with Gasteiger partial charge in [0.05, 0.1) is 13.2 Å². The smallest absolute Gasteiger partial charge is 0.344 e. The molecule has 0 aliphatic rings. The quantitative estimate of drug-likeness (QED) is 0.0602. The predicted molar refractivity (Wildman–Crippen MR) is 167 cm³/mol. The molecule has 5 nitrogen and oxygen atoms in total. The van der Waals surface area contributed by atoms with Gasteiger partial charge < -0.3 is 11.0 Å². The molecule has 90 heavy (non-hydrogen) atoms.